The quantitative estimate of drug-likeness (QED) is 0.605. The molecule has 11 heteroatoms. The Bertz CT molecular complexity index is 1270. The summed E-state index contributed by atoms with van der Waals surface area (Å²) in [5, 5.41) is 13.9. The first-order valence-electron chi connectivity index (χ1n) is 9.10. The first kappa shape index (κ1) is 20.5. The lowest BCUT2D eigenvalue weighted by Gasteiger charge is -2.36. The van der Waals surface area contributed by atoms with E-state index >= 15 is 0 Å². The van der Waals surface area contributed by atoms with Crippen molar-refractivity contribution in [1.29, 1.82) is 5.26 Å². The SMILES string of the molecule is Cc1noc(C)c1S(=O)(=O)N1CCN(c2c(C#N)cnc3c(F)ccc(Cl)c23)CC1. The molecule has 0 atom stereocenters. The topological polar surface area (TPSA) is 103 Å². The lowest BCUT2D eigenvalue weighted by Crippen LogP contribution is -2.49. The molecule has 1 fully saturated rings. The molecule has 0 aliphatic carbocycles. The van der Waals surface area contributed by atoms with Crippen LogP contribution in [0.15, 0.2) is 27.7 Å². The number of halogens is 2. The normalized spacial score (nSPS) is 15.5. The fourth-order valence-electron chi connectivity index (χ4n) is 3.75. The third-order valence-electron chi connectivity index (χ3n) is 5.13. The number of aryl methyl sites for hydroxylation is 2. The minimum absolute atomic E-state index is 0.0715. The van der Waals surface area contributed by atoms with Crippen LogP contribution in [-0.2, 0) is 10.0 Å². The maximum atomic E-state index is 14.3. The van der Waals surface area contributed by atoms with Crippen molar-refractivity contribution in [2.24, 2.45) is 0 Å². The van der Waals surface area contributed by atoms with Crippen LogP contribution in [-0.4, -0.2) is 49.0 Å². The minimum atomic E-state index is -3.77. The van der Waals surface area contributed by atoms with Gasteiger partial charge < -0.3 is 9.42 Å². The van der Waals surface area contributed by atoms with Crippen LogP contribution >= 0.6 is 11.6 Å². The molecule has 1 saturated heterocycles. The van der Waals surface area contributed by atoms with E-state index in [4.69, 9.17) is 16.1 Å². The molecule has 4 rings (SSSR count). The van der Waals surface area contributed by atoms with Gasteiger partial charge in [0.05, 0.1) is 16.3 Å². The lowest BCUT2D eigenvalue weighted by molar-refractivity contribution is 0.378. The Kier molecular flexibility index (Phi) is 5.13. The number of sulfonamides is 1. The second-order valence-electron chi connectivity index (χ2n) is 6.93. The van der Waals surface area contributed by atoms with Gasteiger partial charge in [-0.05, 0) is 26.0 Å². The third kappa shape index (κ3) is 3.19. The Morgan fingerprint density at radius 3 is 2.53 bits per heavy atom. The monoisotopic (exact) mass is 449 g/mol. The van der Waals surface area contributed by atoms with Crippen molar-refractivity contribution in [3.63, 3.8) is 0 Å². The highest BCUT2D eigenvalue weighted by molar-refractivity contribution is 7.89. The second-order valence-corrected chi connectivity index (χ2v) is 9.21. The summed E-state index contributed by atoms with van der Waals surface area (Å²) in [7, 11) is -3.77. The Balaban J connectivity index is 1.70. The second kappa shape index (κ2) is 7.50. The van der Waals surface area contributed by atoms with Gasteiger partial charge in [0.1, 0.15) is 28.0 Å². The number of hydrogen-bond acceptors (Lipinski definition) is 7. The molecule has 1 aliphatic heterocycles. The smallest absolute Gasteiger partial charge is 0.248 e. The highest BCUT2D eigenvalue weighted by atomic mass is 35.5. The van der Waals surface area contributed by atoms with E-state index in [1.807, 2.05) is 4.90 Å². The predicted molar refractivity (Wildman–Crippen MR) is 108 cm³/mol. The van der Waals surface area contributed by atoms with Gasteiger partial charge in [0.15, 0.2) is 5.76 Å². The van der Waals surface area contributed by atoms with Crippen molar-refractivity contribution in [1.82, 2.24) is 14.4 Å². The number of rotatable bonds is 3. The average Bonchev–Trinajstić information content (AvgIpc) is 3.08. The molecule has 0 radical (unpaired) electrons. The fraction of sp³-hybridized carbons (Fsp3) is 0.316. The zero-order chi connectivity index (χ0) is 21.6. The van der Waals surface area contributed by atoms with Crippen molar-refractivity contribution >= 4 is 38.2 Å². The van der Waals surface area contributed by atoms with E-state index in [0.717, 1.165) is 0 Å². The van der Waals surface area contributed by atoms with Crippen LogP contribution in [0.5, 0.6) is 0 Å². The molecule has 1 aliphatic rings. The van der Waals surface area contributed by atoms with Crippen LogP contribution < -0.4 is 4.90 Å². The molecule has 1 aromatic carbocycles. The molecular formula is C19H17ClFN5O3S. The summed E-state index contributed by atoms with van der Waals surface area (Å²) < 4.78 is 46.7. The van der Waals surface area contributed by atoms with E-state index in [1.54, 1.807) is 13.8 Å². The van der Waals surface area contributed by atoms with Crippen molar-refractivity contribution in [2.75, 3.05) is 31.1 Å². The van der Waals surface area contributed by atoms with Crippen molar-refractivity contribution in [3.05, 3.63) is 46.2 Å². The molecule has 0 bridgehead atoms. The van der Waals surface area contributed by atoms with Crippen LogP contribution in [0.1, 0.15) is 17.0 Å². The first-order chi connectivity index (χ1) is 14.3. The predicted octanol–water partition coefficient (Wildman–Crippen LogP) is 3.01. The summed E-state index contributed by atoms with van der Waals surface area (Å²) in [6, 6.07) is 4.72. The number of nitriles is 1. The lowest BCUT2D eigenvalue weighted by atomic mass is 10.1. The summed E-state index contributed by atoms with van der Waals surface area (Å²) in [5.41, 5.74) is 1.09. The number of piperazine rings is 1. The number of anilines is 1. The van der Waals surface area contributed by atoms with Gasteiger partial charge in [-0.2, -0.15) is 9.57 Å². The maximum absolute atomic E-state index is 14.3. The molecule has 0 amide bonds. The van der Waals surface area contributed by atoms with Crippen LogP contribution in [0.2, 0.25) is 5.02 Å². The van der Waals surface area contributed by atoms with Gasteiger partial charge in [-0.1, -0.05) is 16.8 Å². The highest BCUT2D eigenvalue weighted by Crippen LogP contribution is 2.36. The number of fused-ring (bicyclic) bond motifs is 1. The molecule has 3 heterocycles. The molecule has 0 N–H and O–H groups in total. The van der Waals surface area contributed by atoms with Gasteiger partial charge >= 0.3 is 0 Å². The van der Waals surface area contributed by atoms with Gasteiger partial charge in [0.25, 0.3) is 0 Å². The van der Waals surface area contributed by atoms with Crippen molar-refractivity contribution in [3.8, 4) is 6.07 Å². The minimum Gasteiger partial charge on any atom is -0.367 e. The molecule has 0 spiro atoms. The number of hydrogen-bond donors (Lipinski definition) is 0. The molecule has 2 aromatic heterocycles. The summed E-state index contributed by atoms with van der Waals surface area (Å²) >= 11 is 6.32. The van der Waals surface area contributed by atoms with E-state index in [1.165, 1.54) is 22.6 Å². The Morgan fingerprint density at radius 1 is 1.23 bits per heavy atom. The summed E-state index contributed by atoms with van der Waals surface area (Å²) in [6.07, 6.45) is 1.31. The standard InChI is InChI=1S/C19H17ClFN5O3S/c1-11-19(12(2)29-24-11)30(27,28)26-7-5-25(6-8-26)18-13(9-22)10-23-17-15(21)4-3-14(20)16(17)18/h3-4,10H,5-8H2,1-2H3. The first-order valence-corrected chi connectivity index (χ1v) is 10.9. The molecule has 3 aromatic rings. The Labute approximate surface area is 177 Å². The maximum Gasteiger partial charge on any atom is 0.248 e. The van der Waals surface area contributed by atoms with Crippen molar-refractivity contribution < 1.29 is 17.3 Å². The van der Waals surface area contributed by atoms with Crippen LogP contribution in [0.25, 0.3) is 10.9 Å². The molecule has 156 valence electrons. The van der Waals surface area contributed by atoms with E-state index in [-0.39, 0.29) is 39.8 Å². The van der Waals surface area contributed by atoms with Crippen LogP contribution in [0, 0.1) is 31.0 Å². The zero-order valence-corrected chi connectivity index (χ0v) is 17.8. The third-order valence-corrected chi connectivity index (χ3v) is 7.59. The number of nitrogens with zero attached hydrogens (tertiary/aromatic N) is 5. The summed E-state index contributed by atoms with van der Waals surface area (Å²) in [6.45, 7) is 4.08. The van der Waals surface area contributed by atoms with E-state index in [0.29, 0.717) is 29.9 Å². The number of aromatic nitrogens is 2. The van der Waals surface area contributed by atoms with E-state index in [2.05, 4.69) is 16.2 Å². The van der Waals surface area contributed by atoms with E-state index in [9.17, 15) is 18.1 Å². The van der Waals surface area contributed by atoms with Gasteiger partial charge in [-0.15, -0.1) is 0 Å². The summed E-state index contributed by atoms with van der Waals surface area (Å²) in [4.78, 5) is 5.96. The van der Waals surface area contributed by atoms with Gasteiger partial charge in [0, 0.05) is 37.8 Å². The zero-order valence-electron chi connectivity index (χ0n) is 16.2. The van der Waals surface area contributed by atoms with Gasteiger partial charge in [-0.25, -0.2) is 12.8 Å². The van der Waals surface area contributed by atoms with Crippen LogP contribution in [0.4, 0.5) is 10.1 Å². The Morgan fingerprint density at radius 2 is 1.93 bits per heavy atom. The molecular weight excluding hydrogens is 433 g/mol. The van der Waals surface area contributed by atoms with E-state index < -0.39 is 15.8 Å². The molecule has 0 unspecified atom stereocenters. The summed E-state index contributed by atoms with van der Waals surface area (Å²) in [5.74, 6) is -0.302. The average molecular weight is 450 g/mol. The van der Waals surface area contributed by atoms with Crippen LogP contribution in [0.3, 0.4) is 0 Å². The largest absolute Gasteiger partial charge is 0.367 e. The van der Waals surface area contributed by atoms with Crippen molar-refractivity contribution in [2.45, 2.75) is 18.7 Å². The number of benzene rings is 1. The number of pyridine rings is 1. The molecule has 0 saturated carbocycles. The Hall–Kier alpha value is -2.74. The molecule has 8 nitrogen and oxygen atoms in total. The van der Waals surface area contributed by atoms with Gasteiger partial charge in [0.2, 0.25) is 10.0 Å². The highest BCUT2D eigenvalue weighted by Gasteiger charge is 2.34. The fourth-order valence-corrected chi connectivity index (χ4v) is 5.71. The molecule has 30 heavy (non-hydrogen) atoms. The van der Waals surface area contributed by atoms with Gasteiger partial charge in [-0.3, -0.25) is 4.98 Å².